The number of para-hydroxylation sites is 2. The van der Waals surface area contributed by atoms with Gasteiger partial charge in [0.25, 0.3) is 0 Å². The van der Waals surface area contributed by atoms with Crippen LogP contribution in [0.5, 0.6) is 0 Å². The quantitative estimate of drug-likeness (QED) is 0.257. The van der Waals surface area contributed by atoms with Gasteiger partial charge in [-0.3, -0.25) is 0 Å². The average molecular weight is 437 g/mol. The van der Waals surface area contributed by atoms with E-state index in [-0.39, 0.29) is 0 Å². The van der Waals surface area contributed by atoms with Crippen LogP contribution in [0.3, 0.4) is 0 Å². The van der Waals surface area contributed by atoms with Crippen molar-refractivity contribution >= 4 is 43.6 Å². The Balaban J connectivity index is 1.68. The molecule has 2 aromatic heterocycles. The van der Waals surface area contributed by atoms with E-state index in [4.69, 9.17) is 0 Å². The predicted molar refractivity (Wildman–Crippen MR) is 145 cm³/mol. The molecule has 0 spiro atoms. The second kappa shape index (κ2) is 7.10. The second-order valence-electron chi connectivity index (χ2n) is 9.27. The molecule has 0 saturated heterocycles. The maximum Gasteiger partial charge on any atom is 0.0548 e. The van der Waals surface area contributed by atoms with Gasteiger partial charge in [-0.05, 0) is 67.9 Å². The molecule has 0 N–H and O–H groups in total. The monoisotopic (exact) mass is 436 g/mol. The lowest BCUT2D eigenvalue weighted by Gasteiger charge is -2.09. The molecule has 2 heteroatoms. The van der Waals surface area contributed by atoms with Gasteiger partial charge < -0.3 is 9.13 Å². The van der Waals surface area contributed by atoms with Crippen LogP contribution in [-0.2, 0) is 0 Å². The fourth-order valence-corrected chi connectivity index (χ4v) is 5.42. The van der Waals surface area contributed by atoms with Crippen molar-refractivity contribution in [1.82, 2.24) is 9.13 Å². The first-order valence-corrected chi connectivity index (χ1v) is 11.8. The molecular formula is C32H24N2. The van der Waals surface area contributed by atoms with Gasteiger partial charge in [-0.25, -0.2) is 0 Å². The predicted octanol–water partition coefficient (Wildman–Crippen LogP) is 8.50. The molecule has 34 heavy (non-hydrogen) atoms. The normalized spacial score (nSPS) is 11.8. The highest BCUT2D eigenvalue weighted by Crippen LogP contribution is 2.39. The van der Waals surface area contributed by atoms with Crippen molar-refractivity contribution in [2.75, 3.05) is 0 Å². The van der Waals surface area contributed by atoms with E-state index >= 15 is 0 Å². The van der Waals surface area contributed by atoms with Gasteiger partial charge >= 0.3 is 0 Å². The van der Waals surface area contributed by atoms with Gasteiger partial charge in [0.2, 0.25) is 0 Å². The summed E-state index contributed by atoms with van der Waals surface area (Å²) in [7, 11) is 0. The van der Waals surface area contributed by atoms with Crippen molar-refractivity contribution in [3.8, 4) is 11.4 Å². The van der Waals surface area contributed by atoms with Crippen LogP contribution in [0.25, 0.3) is 55.0 Å². The van der Waals surface area contributed by atoms with Crippen molar-refractivity contribution < 1.29 is 0 Å². The number of benzene rings is 5. The van der Waals surface area contributed by atoms with Crippen LogP contribution in [0, 0.1) is 13.8 Å². The molecular weight excluding hydrogens is 412 g/mol. The molecule has 0 saturated carbocycles. The van der Waals surface area contributed by atoms with E-state index in [0.717, 1.165) is 0 Å². The molecule has 162 valence electrons. The summed E-state index contributed by atoms with van der Waals surface area (Å²) in [5.74, 6) is 0. The molecule has 5 aromatic carbocycles. The van der Waals surface area contributed by atoms with Gasteiger partial charge in [0.15, 0.2) is 0 Å². The van der Waals surface area contributed by atoms with E-state index in [1.165, 1.54) is 66.1 Å². The zero-order valence-electron chi connectivity index (χ0n) is 19.3. The first-order chi connectivity index (χ1) is 16.7. The van der Waals surface area contributed by atoms with Crippen molar-refractivity contribution in [3.63, 3.8) is 0 Å². The number of nitrogens with zero attached hydrogens (tertiary/aromatic N) is 2. The Bertz CT molecular complexity index is 1850. The van der Waals surface area contributed by atoms with E-state index in [0.29, 0.717) is 0 Å². The highest BCUT2D eigenvalue weighted by molar-refractivity contribution is 6.19. The highest BCUT2D eigenvalue weighted by atomic mass is 15.0. The van der Waals surface area contributed by atoms with Gasteiger partial charge in [-0.1, -0.05) is 66.2 Å². The molecule has 0 radical (unpaired) electrons. The van der Waals surface area contributed by atoms with Crippen LogP contribution in [0.4, 0.5) is 0 Å². The molecule has 0 aliphatic carbocycles. The Morgan fingerprint density at radius 1 is 0.382 bits per heavy atom. The molecule has 0 amide bonds. The van der Waals surface area contributed by atoms with Crippen LogP contribution < -0.4 is 0 Å². The van der Waals surface area contributed by atoms with Crippen molar-refractivity contribution in [2.24, 2.45) is 0 Å². The van der Waals surface area contributed by atoms with Crippen LogP contribution >= 0.6 is 0 Å². The zero-order valence-corrected chi connectivity index (χ0v) is 19.3. The number of rotatable bonds is 2. The van der Waals surface area contributed by atoms with Crippen LogP contribution in [-0.4, -0.2) is 9.13 Å². The molecule has 0 atom stereocenters. The summed E-state index contributed by atoms with van der Waals surface area (Å²) >= 11 is 0. The summed E-state index contributed by atoms with van der Waals surface area (Å²) in [5.41, 5.74) is 9.89. The largest absolute Gasteiger partial charge is 0.309 e. The highest BCUT2D eigenvalue weighted by Gasteiger charge is 2.18. The Labute approximate surface area is 198 Å². The summed E-state index contributed by atoms with van der Waals surface area (Å²) < 4.78 is 4.82. The number of hydrogen-bond donors (Lipinski definition) is 0. The molecule has 0 fully saturated rings. The summed E-state index contributed by atoms with van der Waals surface area (Å²) in [6.45, 7) is 4.31. The van der Waals surface area contributed by atoms with E-state index in [9.17, 15) is 0 Å². The lowest BCUT2D eigenvalue weighted by Crippen LogP contribution is -1.94. The summed E-state index contributed by atoms with van der Waals surface area (Å²) in [5, 5.41) is 5.12. The Kier molecular flexibility index (Phi) is 4.01. The SMILES string of the molecule is Cc1ccc(-n2c3ccccc3c3cc4c(cc32)c2ccc(C)cc2n4-c2ccccc2)cc1. The van der Waals surface area contributed by atoms with Gasteiger partial charge in [-0.2, -0.15) is 0 Å². The zero-order chi connectivity index (χ0) is 22.8. The molecule has 7 aromatic rings. The molecule has 0 bridgehead atoms. The number of hydrogen-bond acceptors (Lipinski definition) is 0. The minimum atomic E-state index is 1.19. The second-order valence-corrected chi connectivity index (χ2v) is 9.27. The molecule has 0 unspecified atom stereocenters. The topological polar surface area (TPSA) is 9.86 Å². The fourth-order valence-electron chi connectivity index (χ4n) is 5.42. The maximum absolute atomic E-state index is 2.41. The van der Waals surface area contributed by atoms with Gasteiger partial charge in [0.05, 0.1) is 22.1 Å². The maximum atomic E-state index is 2.41. The summed E-state index contributed by atoms with van der Waals surface area (Å²) in [6, 6.07) is 39.9. The van der Waals surface area contributed by atoms with Gasteiger partial charge in [0.1, 0.15) is 0 Å². The standard InChI is InChI=1S/C32H24N2/c1-21-12-15-24(16-13-21)33-29-11-7-6-10-25(29)27-19-32-28(20-31(27)33)26-17-14-22(2)18-30(26)34(32)23-8-4-3-5-9-23/h3-20H,1-2H3. The summed E-state index contributed by atoms with van der Waals surface area (Å²) in [6.07, 6.45) is 0. The molecule has 2 heterocycles. The molecule has 2 nitrogen and oxygen atoms in total. The average Bonchev–Trinajstić information content (AvgIpc) is 3.35. The lowest BCUT2D eigenvalue weighted by atomic mass is 10.1. The van der Waals surface area contributed by atoms with Crippen molar-refractivity contribution in [3.05, 3.63) is 120 Å². The van der Waals surface area contributed by atoms with E-state index in [2.05, 4.69) is 132 Å². The number of fused-ring (bicyclic) bond motifs is 6. The first-order valence-electron chi connectivity index (χ1n) is 11.8. The third-order valence-corrected chi connectivity index (χ3v) is 7.02. The van der Waals surface area contributed by atoms with E-state index in [1.54, 1.807) is 0 Å². The van der Waals surface area contributed by atoms with Crippen molar-refractivity contribution in [1.29, 1.82) is 0 Å². The van der Waals surface area contributed by atoms with Crippen LogP contribution in [0.1, 0.15) is 11.1 Å². The minimum Gasteiger partial charge on any atom is -0.309 e. The molecule has 0 aliphatic heterocycles. The minimum absolute atomic E-state index is 1.19. The van der Waals surface area contributed by atoms with Crippen LogP contribution in [0.2, 0.25) is 0 Å². The van der Waals surface area contributed by atoms with E-state index in [1.807, 2.05) is 0 Å². The van der Waals surface area contributed by atoms with Crippen molar-refractivity contribution in [2.45, 2.75) is 13.8 Å². The van der Waals surface area contributed by atoms with Gasteiger partial charge in [0, 0.05) is 32.9 Å². The fraction of sp³-hybridized carbons (Fsp3) is 0.0625. The third kappa shape index (κ3) is 2.69. The third-order valence-electron chi connectivity index (χ3n) is 7.02. The number of aromatic nitrogens is 2. The Morgan fingerprint density at radius 3 is 1.65 bits per heavy atom. The van der Waals surface area contributed by atoms with E-state index < -0.39 is 0 Å². The Morgan fingerprint density at radius 2 is 0.912 bits per heavy atom. The number of aryl methyl sites for hydroxylation is 2. The Hall–Kier alpha value is -4.30. The molecule has 7 rings (SSSR count). The lowest BCUT2D eigenvalue weighted by molar-refractivity contribution is 1.17. The smallest absolute Gasteiger partial charge is 0.0548 e. The first kappa shape index (κ1) is 19.2. The summed E-state index contributed by atoms with van der Waals surface area (Å²) in [4.78, 5) is 0. The van der Waals surface area contributed by atoms with Gasteiger partial charge in [-0.15, -0.1) is 0 Å². The van der Waals surface area contributed by atoms with Crippen LogP contribution in [0.15, 0.2) is 109 Å². The molecule has 0 aliphatic rings.